The van der Waals surface area contributed by atoms with Crippen molar-refractivity contribution >= 4 is 39.8 Å². The lowest BCUT2D eigenvalue weighted by Gasteiger charge is -2.20. The summed E-state index contributed by atoms with van der Waals surface area (Å²) in [7, 11) is -1.40. The van der Waals surface area contributed by atoms with Gasteiger partial charge in [0.1, 0.15) is 5.78 Å². The molecule has 1 unspecified atom stereocenters. The Bertz CT molecular complexity index is 496. The largest absolute Gasteiger partial charge is 0.298 e. The van der Waals surface area contributed by atoms with Crippen LogP contribution >= 0.6 is 23.2 Å². The predicted octanol–water partition coefficient (Wildman–Crippen LogP) is 4.25. The second kappa shape index (κ2) is 6.87. The second-order valence-corrected chi connectivity index (χ2v) is 7.13. The highest BCUT2D eigenvalue weighted by Gasteiger charge is 2.23. The Kier molecular flexibility index (Phi) is 5.43. The van der Waals surface area contributed by atoms with Crippen LogP contribution in [-0.2, 0) is 15.6 Å². The van der Waals surface area contributed by atoms with Gasteiger partial charge in [-0.05, 0) is 31.0 Å². The normalized spacial score (nSPS) is 18.2. The van der Waals surface area contributed by atoms with E-state index in [1.807, 2.05) is 0 Å². The van der Waals surface area contributed by atoms with Crippen molar-refractivity contribution in [2.45, 2.75) is 37.0 Å². The zero-order valence-corrected chi connectivity index (χ0v) is 12.9. The van der Waals surface area contributed by atoms with Crippen LogP contribution in [-0.4, -0.2) is 15.7 Å². The number of carbonyl (C=O) groups is 1. The van der Waals surface area contributed by atoms with Gasteiger partial charge in [0.05, 0.1) is 26.5 Å². The van der Waals surface area contributed by atoms with Gasteiger partial charge in [-0.3, -0.25) is 9.00 Å². The van der Waals surface area contributed by atoms with Crippen LogP contribution in [0.4, 0.5) is 0 Å². The Morgan fingerprint density at radius 2 is 1.89 bits per heavy atom. The first-order chi connectivity index (χ1) is 9.08. The van der Waals surface area contributed by atoms with Gasteiger partial charge in [0.2, 0.25) is 0 Å². The van der Waals surface area contributed by atoms with Gasteiger partial charge < -0.3 is 0 Å². The van der Waals surface area contributed by atoms with Crippen LogP contribution in [0.1, 0.15) is 32.1 Å². The molecular formula is C14H16Cl2O2S. The average Bonchev–Trinajstić information content (AvgIpc) is 2.42. The third kappa shape index (κ3) is 4.04. The topological polar surface area (TPSA) is 34.1 Å². The predicted molar refractivity (Wildman–Crippen MR) is 79.3 cm³/mol. The highest BCUT2D eigenvalue weighted by molar-refractivity contribution is 7.86. The highest BCUT2D eigenvalue weighted by atomic mass is 35.5. The monoisotopic (exact) mass is 318 g/mol. The van der Waals surface area contributed by atoms with Crippen LogP contribution in [0.2, 0.25) is 10.0 Å². The first kappa shape index (κ1) is 15.0. The molecule has 0 bridgehead atoms. The number of Topliss-reactive ketones (excluding diaryl/α,β-unsaturated/α-hetero) is 1. The van der Waals surface area contributed by atoms with Gasteiger partial charge in [-0.1, -0.05) is 42.5 Å². The van der Waals surface area contributed by atoms with Gasteiger partial charge >= 0.3 is 0 Å². The molecule has 0 saturated heterocycles. The number of rotatable bonds is 4. The summed E-state index contributed by atoms with van der Waals surface area (Å²) in [5.74, 6) is 0.217. The SMILES string of the molecule is O=C(CS(=O)c1cc(Cl)ccc1Cl)C1CCCCC1. The molecule has 5 heteroatoms. The van der Waals surface area contributed by atoms with Crippen molar-refractivity contribution in [2.24, 2.45) is 5.92 Å². The Morgan fingerprint density at radius 1 is 1.21 bits per heavy atom. The quantitative estimate of drug-likeness (QED) is 0.831. The van der Waals surface area contributed by atoms with E-state index in [1.54, 1.807) is 18.2 Å². The Labute approximate surface area is 125 Å². The van der Waals surface area contributed by atoms with E-state index in [-0.39, 0.29) is 17.5 Å². The summed E-state index contributed by atoms with van der Waals surface area (Å²) >= 11 is 11.9. The maximum absolute atomic E-state index is 12.2. The standard InChI is InChI=1S/C14H16Cl2O2S/c15-11-6-7-12(16)14(8-11)19(18)9-13(17)10-4-2-1-3-5-10/h6-8,10H,1-5,9H2. The smallest absolute Gasteiger partial charge is 0.148 e. The Hall–Kier alpha value is -0.380. The summed E-state index contributed by atoms with van der Waals surface area (Å²) in [6.07, 6.45) is 5.26. The molecule has 2 nitrogen and oxygen atoms in total. The summed E-state index contributed by atoms with van der Waals surface area (Å²) < 4.78 is 12.2. The molecule has 0 amide bonds. The first-order valence-electron chi connectivity index (χ1n) is 6.44. The van der Waals surface area contributed by atoms with E-state index in [0.29, 0.717) is 14.9 Å². The molecule has 19 heavy (non-hydrogen) atoms. The Morgan fingerprint density at radius 3 is 2.58 bits per heavy atom. The van der Waals surface area contributed by atoms with E-state index in [4.69, 9.17) is 23.2 Å². The van der Waals surface area contributed by atoms with E-state index in [0.717, 1.165) is 25.7 Å². The minimum atomic E-state index is -1.40. The van der Waals surface area contributed by atoms with Crippen LogP contribution in [0.5, 0.6) is 0 Å². The molecular weight excluding hydrogens is 303 g/mol. The van der Waals surface area contributed by atoms with E-state index in [1.165, 1.54) is 6.42 Å². The molecule has 1 aromatic carbocycles. The van der Waals surface area contributed by atoms with Gasteiger partial charge in [0.15, 0.2) is 0 Å². The molecule has 1 aliphatic rings. The molecule has 0 heterocycles. The first-order valence-corrected chi connectivity index (χ1v) is 8.51. The van der Waals surface area contributed by atoms with Crippen LogP contribution in [0.15, 0.2) is 23.1 Å². The van der Waals surface area contributed by atoms with Gasteiger partial charge in [-0.2, -0.15) is 0 Å². The molecule has 1 saturated carbocycles. The molecule has 0 radical (unpaired) electrons. The molecule has 0 spiro atoms. The zero-order valence-electron chi connectivity index (χ0n) is 10.5. The highest BCUT2D eigenvalue weighted by Crippen LogP contribution is 2.27. The molecule has 2 rings (SSSR count). The van der Waals surface area contributed by atoms with Gasteiger partial charge in [0, 0.05) is 10.9 Å². The fraction of sp³-hybridized carbons (Fsp3) is 0.500. The number of hydrogen-bond donors (Lipinski definition) is 0. The van der Waals surface area contributed by atoms with Gasteiger partial charge in [-0.25, -0.2) is 0 Å². The maximum Gasteiger partial charge on any atom is 0.148 e. The number of benzene rings is 1. The van der Waals surface area contributed by atoms with Crippen molar-refractivity contribution in [3.63, 3.8) is 0 Å². The second-order valence-electron chi connectivity index (χ2n) is 4.87. The van der Waals surface area contributed by atoms with Crippen molar-refractivity contribution in [3.05, 3.63) is 28.2 Å². The number of hydrogen-bond acceptors (Lipinski definition) is 2. The third-order valence-corrected chi connectivity index (χ3v) is 5.52. The summed E-state index contributed by atoms with van der Waals surface area (Å²) in [6, 6.07) is 4.84. The molecule has 0 aromatic heterocycles. The molecule has 104 valence electrons. The lowest BCUT2D eigenvalue weighted by atomic mass is 9.87. The summed E-state index contributed by atoms with van der Waals surface area (Å²) in [5, 5.41) is 0.886. The van der Waals surface area contributed by atoms with E-state index < -0.39 is 10.8 Å². The fourth-order valence-electron chi connectivity index (χ4n) is 2.40. The molecule has 1 aliphatic carbocycles. The Balaban J connectivity index is 2.04. The lowest BCUT2D eigenvalue weighted by Crippen LogP contribution is -2.23. The maximum atomic E-state index is 12.2. The van der Waals surface area contributed by atoms with E-state index >= 15 is 0 Å². The molecule has 1 fully saturated rings. The number of halogens is 2. The van der Waals surface area contributed by atoms with E-state index in [9.17, 15) is 9.00 Å². The van der Waals surface area contributed by atoms with E-state index in [2.05, 4.69) is 0 Å². The van der Waals surface area contributed by atoms with Crippen molar-refractivity contribution in [1.82, 2.24) is 0 Å². The third-order valence-electron chi connectivity index (χ3n) is 3.47. The van der Waals surface area contributed by atoms with Crippen molar-refractivity contribution in [2.75, 3.05) is 5.75 Å². The van der Waals surface area contributed by atoms with Crippen LogP contribution in [0.3, 0.4) is 0 Å². The van der Waals surface area contributed by atoms with Crippen molar-refractivity contribution < 1.29 is 9.00 Å². The minimum Gasteiger partial charge on any atom is -0.298 e. The minimum absolute atomic E-state index is 0.0464. The van der Waals surface area contributed by atoms with Crippen LogP contribution in [0, 0.1) is 5.92 Å². The van der Waals surface area contributed by atoms with Gasteiger partial charge in [-0.15, -0.1) is 0 Å². The van der Waals surface area contributed by atoms with Crippen molar-refractivity contribution in [3.8, 4) is 0 Å². The fourth-order valence-corrected chi connectivity index (χ4v) is 4.21. The average molecular weight is 319 g/mol. The molecule has 1 atom stereocenters. The summed E-state index contributed by atoms with van der Waals surface area (Å²) in [5.41, 5.74) is 0. The van der Waals surface area contributed by atoms with Crippen LogP contribution < -0.4 is 0 Å². The summed E-state index contributed by atoms with van der Waals surface area (Å²) in [6.45, 7) is 0. The zero-order chi connectivity index (χ0) is 13.8. The number of carbonyl (C=O) groups excluding carboxylic acids is 1. The van der Waals surface area contributed by atoms with Gasteiger partial charge in [0.25, 0.3) is 0 Å². The van der Waals surface area contributed by atoms with Crippen LogP contribution in [0.25, 0.3) is 0 Å². The summed E-state index contributed by atoms with van der Waals surface area (Å²) in [4.78, 5) is 12.6. The molecule has 0 aliphatic heterocycles. The lowest BCUT2D eigenvalue weighted by molar-refractivity contribution is -0.121. The number of ketones is 1. The van der Waals surface area contributed by atoms with Crippen molar-refractivity contribution in [1.29, 1.82) is 0 Å². The molecule has 1 aromatic rings. The molecule has 0 N–H and O–H groups in total.